The van der Waals surface area contributed by atoms with Crippen LogP contribution in [0.2, 0.25) is 36.3 Å². The predicted octanol–water partition coefficient (Wildman–Crippen LogP) is 8.68. The number of carbonyl (C=O) groups excluding carboxylic acids is 1. The molecule has 1 aliphatic heterocycles. The van der Waals surface area contributed by atoms with Crippen LogP contribution in [0.25, 0.3) is 11.2 Å². The van der Waals surface area contributed by atoms with Crippen LogP contribution in [0.4, 0.5) is 16.3 Å². The molecule has 1 aromatic carbocycles. The number of aryl methyl sites for hydroxylation is 1. The van der Waals surface area contributed by atoms with E-state index in [-0.39, 0.29) is 40.3 Å². The molecule has 1 saturated heterocycles. The zero-order valence-corrected chi connectivity index (χ0v) is 34.3. The number of aromatic nitrogens is 4. The number of rotatable bonds is 10. The Morgan fingerprint density at radius 3 is 2.24 bits per heavy atom. The van der Waals surface area contributed by atoms with Crippen molar-refractivity contribution in [2.75, 3.05) is 11.5 Å². The molecule has 0 aliphatic carbocycles. The van der Waals surface area contributed by atoms with Crippen molar-refractivity contribution in [2.24, 2.45) is 0 Å². The number of amides is 1. The molecule has 4 rings (SSSR count). The molecule has 13 nitrogen and oxygen atoms in total. The van der Waals surface area contributed by atoms with Gasteiger partial charge in [-0.1, -0.05) is 53.7 Å². The number of carbonyl (C=O) groups is 1. The third-order valence-electron chi connectivity index (χ3n) is 10.1. The van der Waals surface area contributed by atoms with Crippen molar-refractivity contribution in [3.05, 3.63) is 52.1 Å². The van der Waals surface area contributed by atoms with Gasteiger partial charge in [-0.05, 0) is 69.5 Å². The number of fused-ring (bicyclic) bond motifs is 1. The largest absolute Gasteiger partial charge is 0.443 e. The molecule has 2 aromatic heterocycles. The molecular formula is C35H56N6O7Si2. The highest BCUT2D eigenvalue weighted by molar-refractivity contribution is 6.74. The summed E-state index contributed by atoms with van der Waals surface area (Å²) in [5.41, 5.74) is 0.897. The maximum atomic E-state index is 13.7. The van der Waals surface area contributed by atoms with Crippen LogP contribution in [0.15, 0.2) is 30.9 Å². The number of imidazole rings is 1. The topological polar surface area (TPSA) is 144 Å². The normalized spacial score (nSPS) is 19.2. The van der Waals surface area contributed by atoms with Gasteiger partial charge in [-0.25, -0.2) is 19.7 Å². The van der Waals surface area contributed by atoms with Gasteiger partial charge in [0.15, 0.2) is 33.6 Å². The van der Waals surface area contributed by atoms with Gasteiger partial charge in [0.05, 0.1) is 30.5 Å². The van der Waals surface area contributed by atoms with Gasteiger partial charge < -0.3 is 18.3 Å². The molecule has 1 aliphatic rings. The first-order valence-corrected chi connectivity index (χ1v) is 23.0. The summed E-state index contributed by atoms with van der Waals surface area (Å²) in [6.07, 6.45) is 1.81. The van der Waals surface area contributed by atoms with Gasteiger partial charge >= 0.3 is 6.09 Å². The highest BCUT2D eigenvalue weighted by atomic mass is 28.4. The molecule has 3 atom stereocenters. The summed E-state index contributed by atoms with van der Waals surface area (Å²) in [6, 6.07) is 4.89. The minimum Gasteiger partial charge on any atom is -0.443 e. The van der Waals surface area contributed by atoms with Crippen LogP contribution in [0, 0.1) is 17.0 Å². The first-order chi connectivity index (χ1) is 22.8. The average molecular weight is 729 g/mol. The molecule has 15 heteroatoms. The van der Waals surface area contributed by atoms with Crippen molar-refractivity contribution in [3.63, 3.8) is 0 Å². The molecule has 0 spiro atoms. The molecule has 0 N–H and O–H groups in total. The monoisotopic (exact) mass is 728 g/mol. The Balaban J connectivity index is 1.74. The van der Waals surface area contributed by atoms with Gasteiger partial charge in [0.2, 0.25) is 0 Å². The Morgan fingerprint density at radius 1 is 1.02 bits per heavy atom. The molecule has 1 unspecified atom stereocenters. The molecule has 0 bridgehead atoms. The van der Waals surface area contributed by atoms with Gasteiger partial charge in [-0.2, -0.15) is 0 Å². The van der Waals surface area contributed by atoms with Crippen molar-refractivity contribution in [3.8, 4) is 0 Å². The van der Waals surface area contributed by atoms with Crippen LogP contribution >= 0.6 is 0 Å². The van der Waals surface area contributed by atoms with Gasteiger partial charge in [-0.3, -0.25) is 19.6 Å². The molecule has 1 fully saturated rings. The number of hydrogen-bond acceptors (Lipinski definition) is 10. The van der Waals surface area contributed by atoms with Crippen molar-refractivity contribution in [2.45, 2.75) is 143 Å². The standard InChI is InChI=1S/C35H56N6O7Si2/c1-23-15-16-24(25(17-23)41(43)44)19-39(32(42)47-33(2,3)4)30-29-31(37-21-36-30)40(22-38-29)28-18-26(48-50(13,14)35(8,9)10)27(46-28)20-45-49(11,12)34(5,6)7/h15-17,21-22,26-28H,18-20H2,1-14H3/t26?,27-,28-/m1/s1. The van der Waals surface area contributed by atoms with E-state index >= 15 is 0 Å². The molecule has 50 heavy (non-hydrogen) atoms. The van der Waals surface area contributed by atoms with Crippen LogP contribution in [0.5, 0.6) is 0 Å². The van der Waals surface area contributed by atoms with Crippen LogP contribution < -0.4 is 4.90 Å². The van der Waals surface area contributed by atoms with Crippen molar-refractivity contribution >= 4 is 45.4 Å². The maximum absolute atomic E-state index is 13.7. The Labute approximate surface area is 298 Å². The number of nitro benzene ring substituents is 1. The van der Waals surface area contributed by atoms with Crippen LogP contribution in [-0.4, -0.2) is 71.6 Å². The summed E-state index contributed by atoms with van der Waals surface area (Å²) in [7, 11) is -4.26. The number of nitrogens with zero attached hydrogens (tertiary/aromatic N) is 6. The molecule has 3 heterocycles. The fourth-order valence-corrected chi connectivity index (χ4v) is 7.52. The quantitative estimate of drug-likeness (QED) is 0.113. The van der Waals surface area contributed by atoms with Crippen molar-refractivity contribution < 1.29 is 28.0 Å². The van der Waals surface area contributed by atoms with Gasteiger partial charge in [0.25, 0.3) is 5.69 Å². The molecule has 3 aromatic rings. The average Bonchev–Trinajstić information content (AvgIpc) is 3.57. The number of ether oxygens (including phenoxy) is 2. The smallest absolute Gasteiger partial charge is 0.416 e. The second-order valence-corrected chi connectivity index (χ2v) is 26.9. The van der Waals surface area contributed by atoms with E-state index in [2.05, 4.69) is 82.7 Å². The third kappa shape index (κ3) is 8.79. The first-order valence-electron chi connectivity index (χ1n) is 17.2. The van der Waals surface area contributed by atoms with Crippen molar-refractivity contribution in [1.29, 1.82) is 0 Å². The van der Waals surface area contributed by atoms with E-state index in [9.17, 15) is 14.9 Å². The zero-order chi connectivity index (χ0) is 37.6. The number of nitro groups is 1. The number of benzene rings is 1. The van der Waals surface area contributed by atoms with Crippen LogP contribution in [0.3, 0.4) is 0 Å². The lowest BCUT2D eigenvalue weighted by Crippen LogP contribution is -2.48. The van der Waals surface area contributed by atoms with E-state index in [1.807, 2.05) is 4.57 Å². The lowest BCUT2D eigenvalue weighted by Gasteiger charge is -2.40. The Kier molecular flexibility index (Phi) is 11.1. The minimum atomic E-state index is -2.18. The first kappa shape index (κ1) is 39.5. The summed E-state index contributed by atoms with van der Waals surface area (Å²) in [4.78, 5) is 40.3. The van der Waals surface area contributed by atoms with E-state index in [1.54, 1.807) is 46.2 Å². The van der Waals surface area contributed by atoms with E-state index in [1.165, 1.54) is 17.3 Å². The van der Waals surface area contributed by atoms with Crippen LogP contribution in [-0.2, 0) is 24.9 Å². The Hall–Kier alpha value is -3.25. The third-order valence-corrected chi connectivity index (χ3v) is 19.1. The molecule has 1 amide bonds. The lowest BCUT2D eigenvalue weighted by molar-refractivity contribution is -0.385. The fraction of sp³-hybridized carbons (Fsp3) is 0.657. The van der Waals surface area contributed by atoms with Gasteiger partial charge in [0, 0.05) is 18.1 Å². The Bertz CT molecular complexity index is 1710. The lowest BCUT2D eigenvalue weighted by atomic mass is 10.1. The van der Waals surface area contributed by atoms with E-state index in [4.69, 9.17) is 18.3 Å². The van der Waals surface area contributed by atoms with Gasteiger partial charge in [-0.15, -0.1) is 0 Å². The SMILES string of the molecule is Cc1ccc(CN(C(=O)OC(C)(C)C)c2ncnc3c2ncn3[C@H]2CC(O[Si](C)(C)C(C)(C)C)[C@@H](CO[Si](C)(C)C(C)(C)C)O2)c([N+](=O)[O-])c1. The van der Waals surface area contributed by atoms with Crippen LogP contribution in [0.1, 0.15) is 86.1 Å². The summed E-state index contributed by atoms with van der Waals surface area (Å²) in [5.74, 6) is 0.169. The predicted molar refractivity (Wildman–Crippen MR) is 199 cm³/mol. The van der Waals surface area contributed by atoms with E-state index in [0.29, 0.717) is 29.8 Å². The molecule has 276 valence electrons. The minimum absolute atomic E-state index is 0.00258. The zero-order valence-electron chi connectivity index (χ0n) is 32.3. The Morgan fingerprint density at radius 2 is 1.66 bits per heavy atom. The number of anilines is 1. The summed E-state index contributed by atoms with van der Waals surface area (Å²) in [6.45, 7) is 29.5. The maximum Gasteiger partial charge on any atom is 0.416 e. The fourth-order valence-electron chi connectivity index (χ4n) is 5.15. The molecular weight excluding hydrogens is 673 g/mol. The second kappa shape index (κ2) is 14.1. The van der Waals surface area contributed by atoms with E-state index < -0.39 is 39.5 Å². The molecule has 0 radical (unpaired) electrons. The summed E-state index contributed by atoms with van der Waals surface area (Å²) >= 11 is 0. The summed E-state index contributed by atoms with van der Waals surface area (Å²) < 4.78 is 28.0. The highest BCUT2D eigenvalue weighted by Crippen LogP contribution is 2.43. The number of hydrogen-bond donors (Lipinski definition) is 0. The highest BCUT2D eigenvalue weighted by Gasteiger charge is 2.47. The second-order valence-electron chi connectivity index (χ2n) is 17.3. The molecule has 0 saturated carbocycles. The van der Waals surface area contributed by atoms with Crippen molar-refractivity contribution in [1.82, 2.24) is 19.5 Å². The van der Waals surface area contributed by atoms with E-state index in [0.717, 1.165) is 5.56 Å². The van der Waals surface area contributed by atoms with Gasteiger partial charge in [0.1, 0.15) is 24.3 Å². The summed E-state index contributed by atoms with van der Waals surface area (Å²) in [5, 5.41) is 12.0.